The number of thioether (sulfide) groups is 1. The first kappa shape index (κ1) is 23.2. The Morgan fingerprint density at radius 3 is 2.66 bits per heavy atom. The van der Waals surface area contributed by atoms with Gasteiger partial charge < -0.3 is 14.4 Å². The van der Waals surface area contributed by atoms with E-state index in [1.807, 2.05) is 59.5 Å². The lowest BCUT2D eigenvalue weighted by Gasteiger charge is -2.30. The molecule has 0 atom stereocenters. The van der Waals surface area contributed by atoms with E-state index < -0.39 is 5.97 Å². The van der Waals surface area contributed by atoms with Gasteiger partial charge in [-0.1, -0.05) is 49.6 Å². The highest BCUT2D eigenvalue weighted by Gasteiger charge is 2.39. The summed E-state index contributed by atoms with van der Waals surface area (Å²) in [6, 6.07) is 15.3. The molecular weight excluding hydrogens is 462 g/mol. The Bertz CT molecular complexity index is 1340. The second kappa shape index (κ2) is 10.00. The molecule has 0 radical (unpaired) electrons. The zero-order chi connectivity index (χ0) is 24.4. The van der Waals surface area contributed by atoms with Crippen LogP contribution in [0, 0.1) is 0 Å². The number of benzene rings is 2. The number of methoxy groups -OCH3 is 1. The van der Waals surface area contributed by atoms with Crippen LogP contribution in [0.25, 0.3) is 17.0 Å². The van der Waals surface area contributed by atoms with Crippen molar-refractivity contribution in [1.82, 2.24) is 9.47 Å². The van der Waals surface area contributed by atoms with Crippen molar-refractivity contribution in [2.24, 2.45) is 4.99 Å². The molecule has 7 nitrogen and oxygen atoms in total. The van der Waals surface area contributed by atoms with E-state index in [9.17, 15) is 14.7 Å². The number of amidine groups is 1. The van der Waals surface area contributed by atoms with E-state index in [0.29, 0.717) is 21.5 Å². The van der Waals surface area contributed by atoms with Gasteiger partial charge >= 0.3 is 5.97 Å². The number of hydrogen-bond donors (Lipinski definition) is 1. The fraction of sp³-hybridized carbons (Fsp3) is 0.296. The van der Waals surface area contributed by atoms with Crippen LogP contribution < -0.4 is 4.74 Å². The van der Waals surface area contributed by atoms with Crippen LogP contribution in [0.4, 0.5) is 5.69 Å². The summed E-state index contributed by atoms with van der Waals surface area (Å²) in [6.07, 6.45) is 8.99. The molecule has 1 saturated heterocycles. The van der Waals surface area contributed by atoms with Gasteiger partial charge in [0.15, 0.2) is 5.17 Å². The van der Waals surface area contributed by atoms with Crippen LogP contribution in [-0.4, -0.2) is 44.8 Å². The molecule has 35 heavy (non-hydrogen) atoms. The lowest BCUT2D eigenvalue weighted by Crippen LogP contribution is -2.40. The van der Waals surface area contributed by atoms with Gasteiger partial charge in [-0.25, -0.2) is 4.99 Å². The third-order valence-electron chi connectivity index (χ3n) is 6.49. The van der Waals surface area contributed by atoms with Crippen molar-refractivity contribution in [1.29, 1.82) is 0 Å². The molecule has 0 unspecified atom stereocenters. The molecule has 1 amide bonds. The normalized spacial score (nSPS) is 19.2. The molecule has 0 bridgehead atoms. The fourth-order valence-electron chi connectivity index (χ4n) is 4.86. The maximum Gasteiger partial charge on any atom is 0.323 e. The number of aliphatic imine (C=N–C) groups is 1. The lowest BCUT2D eigenvalue weighted by molar-refractivity contribution is -0.137. The summed E-state index contributed by atoms with van der Waals surface area (Å²) >= 11 is 1.37. The van der Waals surface area contributed by atoms with Crippen molar-refractivity contribution < 1.29 is 19.4 Å². The highest BCUT2D eigenvalue weighted by Crippen LogP contribution is 2.40. The summed E-state index contributed by atoms with van der Waals surface area (Å²) in [5, 5.41) is 10.9. The van der Waals surface area contributed by atoms with E-state index in [2.05, 4.69) is 0 Å². The third kappa shape index (κ3) is 4.71. The molecule has 3 aromatic rings. The van der Waals surface area contributed by atoms with Gasteiger partial charge in [-0.3, -0.25) is 14.5 Å². The first-order valence-corrected chi connectivity index (χ1v) is 12.6. The number of carbonyl (C=O) groups is 2. The van der Waals surface area contributed by atoms with Crippen LogP contribution in [0.3, 0.4) is 0 Å². The van der Waals surface area contributed by atoms with Crippen molar-refractivity contribution in [2.45, 2.75) is 44.7 Å². The average molecular weight is 490 g/mol. The average Bonchev–Trinajstić information content (AvgIpc) is 3.36. The Labute approximate surface area is 208 Å². The Kier molecular flexibility index (Phi) is 6.63. The van der Waals surface area contributed by atoms with Crippen molar-refractivity contribution in [3.8, 4) is 5.75 Å². The summed E-state index contributed by atoms with van der Waals surface area (Å²) in [6.45, 7) is -0.139. The lowest BCUT2D eigenvalue weighted by atomic mass is 9.94. The number of para-hydroxylation sites is 3. The highest BCUT2D eigenvalue weighted by molar-refractivity contribution is 8.18. The van der Waals surface area contributed by atoms with Crippen LogP contribution in [0.1, 0.15) is 37.7 Å². The second-order valence-electron chi connectivity index (χ2n) is 8.77. The van der Waals surface area contributed by atoms with Crippen LogP contribution in [0.5, 0.6) is 5.75 Å². The molecule has 0 spiro atoms. The number of fused-ring (bicyclic) bond motifs is 1. The molecule has 1 aliphatic carbocycles. The zero-order valence-corrected chi connectivity index (χ0v) is 20.3. The third-order valence-corrected chi connectivity index (χ3v) is 7.47. The predicted molar refractivity (Wildman–Crippen MR) is 139 cm³/mol. The number of ether oxygens (including phenoxy) is 1. The van der Waals surface area contributed by atoms with Crippen LogP contribution >= 0.6 is 11.8 Å². The minimum absolute atomic E-state index is 0.0504. The summed E-state index contributed by atoms with van der Waals surface area (Å²) in [5.41, 5.74) is 2.33. The van der Waals surface area contributed by atoms with E-state index in [-0.39, 0.29) is 18.5 Å². The largest absolute Gasteiger partial charge is 0.494 e. The van der Waals surface area contributed by atoms with Gasteiger partial charge in [-0.05, 0) is 48.9 Å². The predicted octanol–water partition coefficient (Wildman–Crippen LogP) is 5.67. The minimum Gasteiger partial charge on any atom is -0.494 e. The number of aromatic nitrogens is 1. The number of carboxylic acid groups (broad SMARTS) is 1. The van der Waals surface area contributed by atoms with Crippen LogP contribution in [0.15, 0.2) is 64.6 Å². The summed E-state index contributed by atoms with van der Waals surface area (Å²) in [4.78, 5) is 32.4. The summed E-state index contributed by atoms with van der Waals surface area (Å²) < 4.78 is 7.19. The maximum atomic E-state index is 13.7. The molecule has 1 saturated carbocycles. The molecular formula is C27H27N3O4S. The molecule has 2 aliphatic rings. The van der Waals surface area contributed by atoms with Crippen molar-refractivity contribution in [3.63, 3.8) is 0 Å². The van der Waals surface area contributed by atoms with E-state index in [0.717, 1.165) is 42.1 Å². The van der Waals surface area contributed by atoms with Gasteiger partial charge in [0.2, 0.25) is 0 Å². The Hall–Kier alpha value is -3.52. The first-order valence-electron chi connectivity index (χ1n) is 11.8. The SMILES string of the molecule is COc1ccccc1N=C1SC(=Cc2cn(CC(=O)O)c3ccccc23)C(=O)N1C1CCCCC1. The van der Waals surface area contributed by atoms with Gasteiger partial charge in [0.1, 0.15) is 18.0 Å². The molecule has 1 aliphatic heterocycles. The molecule has 1 N–H and O–H groups in total. The standard InChI is InChI=1S/C27H27N3O4S/c1-34-23-14-8-6-12-21(23)28-27-30(19-9-3-2-4-10-19)26(33)24(35-27)15-18-16-29(17-25(31)32)22-13-7-5-11-20(18)22/h5-8,11-16,19H,2-4,9-10,17H2,1H3,(H,31,32). The van der Waals surface area contributed by atoms with Gasteiger partial charge in [-0.2, -0.15) is 0 Å². The Morgan fingerprint density at radius 2 is 1.89 bits per heavy atom. The van der Waals surface area contributed by atoms with Gasteiger partial charge in [0.05, 0.1) is 12.0 Å². The number of aliphatic carboxylic acids is 1. The molecule has 1 aromatic heterocycles. The highest BCUT2D eigenvalue weighted by atomic mass is 32.2. The van der Waals surface area contributed by atoms with Gasteiger partial charge in [0.25, 0.3) is 5.91 Å². The Balaban J connectivity index is 1.57. The van der Waals surface area contributed by atoms with Crippen molar-refractivity contribution >= 4 is 51.5 Å². The maximum absolute atomic E-state index is 13.7. The molecule has 8 heteroatoms. The topological polar surface area (TPSA) is 84.1 Å². The zero-order valence-electron chi connectivity index (χ0n) is 19.5. The number of amides is 1. The second-order valence-corrected chi connectivity index (χ2v) is 9.78. The summed E-state index contributed by atoms with van der Waals surface area (Å²) in [5.74, 6) is -0.303. The van der Waals surface area contributed by atoms with E-state index in [4.69, 9.17) is 9.73 Å². The van der Waals surface area contributed by atoms with E-state index in [1.54, 1.807) is 17.9 Å². The van der Waals surface area contributed by atoms with Crippen molar-refractivity contribution in [3.05, 3.63) is 65.2 Å². The monoisotopic (exact) mass is 489 g/mol. The number of rotatable bonds is 6. The first-order chi connectivity index (χ1) is 17.0. The number of nitrogens with zero attached hydrogens (tertiary/aromatic N) is 3. The molecule has 2 heterocycles. The molecule has 2 fully saturated rings. The number of hydrogen-bond acceptors (Lipinski definition) is 5. The summed E-state index contributed by atoms with van der Waals surface area (Å²) in [7, 11) is 1.61. The van der Waals surface area contributed by atoms with E-state index in [1.165, 1.54) is 18.2 Å². The molecule has 180 valence electrons. The van der Waals surface area contributed by atoms with Gasteiger partial charge in [0, 0.05) is 28.7 Å². The smallest absolute Gasteiger partial charge is 0.323 e. The van der Waals surface area contributed by atoms with Crippen molar-refractivity contribution in [2.75, 3.05) is 7.11 Å². The molecule has 5 rings (SSSR count). The number of carbonyl (C=O) groups excluding carboxylic acids is 1. The van der Waals surface area contributed by atoms with E-state index >= 15 is 0 Å². The fourth-order valence-corrected chi connectivity index (χ4v) is 5.90. The van der Waals surface area contributed by atoms with Crippen LogP contribution in [-0.2, 0) is 16.1 Å². The number of carboxylic acids is 1. The molecule has 2 aromatic carbocycles. The van der Waals surface area contributed by atoms with Crippen LogP contribution in [0.2, 0.25) is 0 Å². The quantitative estimate of drug-likeness (QED) is 0.451. The van der Waals surface area contributed by atoms with Gasteiger partial charge in [-0.15, -0.1) is 0 Å². The minimum atomic E-state index is -0.911. The Morgan fingerprint density at radius 1 is 1.14 bits per heavy atom.